The highest BCUT2D eigenvalue weighted by atomic mass is 16.4. The fourth-order valence-corrected chi connectivity index (χ4v) is 8.76. The molecule has 4 rings (SSSR count). The van der Waals surface area contributed by atoms with Crippen LogP contribution in [0.4, 0.5) is 0 Å². The van der Waals surface area contributed by atoms with Crippen molar-refractivity contribution in [2.24, 2.45) is 46.3 Å². The SMILES string of the molecule is C[C@H](CCC(=O)O)[C@H]1CC[C@H]2[C@@H]3CC[C@H]4C[C@@H](O)CC[C@]4(C)[C@H]3CC[C@]12C. The molecular weight excluding hydrogens is 336 g/mol. The summed E-state index contributed by atoms with van der Waals surface area (Å²) < 4.78 is 0. The highest BCUT2D eigenvalue weighted by Crippen LogP contribution is 2.68. The van der Waals surface area contributed by atoms with Crippen LogP contribution in [0.15, 0.2) is 0 Å². The highest BCUT2D eigenvalue weighted by Gasteiger charge is 2.60. The van der Waals surface area contributed by atoms with E-state index < -0.39 is 5.97 Å². The largest absolute Gasteiger partial charge is 0.481 e. The fraction of sp³-hybridized carbons (Fsp3) is 0.958. The summed E-state index contributed by atoms with van der Waals surface area (Å²) in [5.41, 5.74) is 0.882. The normalized spacial score (nSPS) is 50.4. The number of rotatable bonds is 4. The van der Waals surface area contributed by atoms with E-state index in [9.17, 15) is 9.90 Å². The monoisotopic (exact) mass is 376 g/mol. The molecule has 0 amide bonds. The van der Waals surface area contributed by atoms with Crippen molar-refractivity contribution in [3.8, 4) is 0 Å². The van der Waals surface area contributed by atoms with Gasteiger partial charge in [-0.2, -0.15) is 0 Å². The van der Waals surface area contributed by atoms with Crippen molar-refractivity contribution >= 4 is 5.97 Å². The van der Waals surface area contributed by atoms with Gasteiger partial charge >= 0.3 is 5.97 Å². The summed E-state index contributed by atoms with van der Waals surface area (Å²) in [6, 6.07) is 0. The van der Waals surface area contributed by atoms with Crippen LogP contribution < -0.4 is 0 Å². The van der Waals surface area contributed by atoms with Gasteiger partial charge < -0.3 is 10.2 Å². The molecule has 0 saturated heterocycles. The maximum atomic E-state index is 11.0. The maximum absolute atomic E-state index is 11.0. The molecule has 3 heteroatoms. The van der Waals surface area contributed by atoms with Crippen LogP contribution in [0.3, 0.4) is 0 Å². The summed E-state index contributed by atoms with van der Waals surface area (Å²) in [5, 5.41) is 19.3. The summed E-state index contributed by atoms with van der Waals surface area (Å²) in [5.74, 6) is 3.91. The van der Waals surface area contributed by atoms with E-state index in [1.165, 1.54) is 44.9 Å². The Morgan fingerprint density at radius 2 is 1.70 bits per heavy atom. The Hall–Kier alpha value is -0.570. The van der Waals surface area contributed by atoms with E-state index in [4.69, 9.17) is 5.11 Å². The summed E-state index contributed by atoms with van der Waals surface area (Å²) in [4.78, 5) is 11.0. The zero-order valence-electron chi connectivity index (χ0n) is 17.6. The summed E-state index contributed by atoms with van der Waals surface area (Å²) in [6.45, 7) is 7.43. The Balaban J connectivity index is 1.51. The van der Waals surface area contributed by atoms with Gasteiger partial charge in [0.15, 0.2) is 0 Å². The highest BCUT2D eigenvalue weighted by molar-refractivity contribution is 5.66. The first kappa shape index (κ1) is 19.7. The number of hydrogen-bond acceptors (Lipinski definition) is 2. The van der Waals surface area contributed by atoms with Crippen molar-refractivity contribution in [2.75, 3.05) is 0 Å². The van der Waals surface area contributed by atoms with Gasteiger partial charge in [0.2, 0.25) is 0 Å². The van der Waals surface area contributed by atoms with Gasteiger partial charge in [-0.1, -0.05) is 20.8 Å². The summed E-state index contributed by atoms with van der Waals surface area (Å²) >= 11 is 0. The molecule has 2 N–H and O–H groups in total. The number of aliphatic hydroxyl groups excluding tert-OH is 1. The van der Waals surface area contributed by atoms with Gasteiger partial charge in [0.05, 0.1) is 6.10 Å². The third-order valence-electron chi connectivity index (χ3n) is 10.2. The number of hydrogen-bond donors (Lipinski definition) is 2. The Labute approximate surface area is 165 Å². The minimum atomic E-state index is -0.643. The Kier molecular flexibility index (Phi) is 5.15. The molecule has 3 nitrogen and oxygen atoms in total. The maximum Gasteiger partial charge on any atom is 0.303 e. The molecule has 4 aliphatic rings. The Morgan fingerprint density at radius 1 is 1.00 bits per heavy atom. The molecule has 9 atom stereocenters. The first-order valence-electron chi connectivity index (χ1n) is 11.7. The predicted molar refractivity (Wildman–Crippen MR) is 107 cm³/mol. The van der Waals surface area contributed by atoms with E-state index in [1.807, 2.05) is 0 Å². The number of aliphatic carboxylic acids is 1. The topological polar surface area (TPSA) is 57.5 Å². The number of aliphatic hydroxyl groups is 1. The first-order chi connectivity index (χ1) is 12.8. The molecule has 0 spiro atoms. The van der Waals surface area contributed by atoms with Crippen molar-refractivity contribution in [3.05, 3.63) is 0 Å². The lowest BCUT2D eigenvalue weighted by molar-refractivity contribution is -0.138. The van der Waals surface area contributed by atoms with E-state index >= 15 is 0 Å². The number of fused-ring (bicyclic) bond motifs is 5. The summed E-state index contributed by atoms with van der Waals surface area (Å²) in [7, 11) is 0. The minimum Gasteiger partial charge on any atom is -0.481 e. The lowest BCUT2D eigenvalue weighted by Crippen LogP contribution is -2.54. The van der Waals surface area contributed by atoms with Crippen molar-refractivity contribution in [1.82, 2.24) is 0 Å². The van der Waals surface area contributed by atoms with Crippen LogP contribution in [0, 0.1) is 46.3 Å². The van der Waals surface area contributed by atoms with Gasteiger partial charge in [-0.3, -0.25) is 4.79 Å². The molecule has 4 aliphatic carbocycles. The predicted octanol–water partition coefficient (Wildman–Crippen LogP) is 5.51. The van der Waals surface area contributed by atoms with Crippen molar-refractivity contribution in [1.29, 1.82) is 0 Å². The van der Waals surface area contributed by atoms with E-state index in [-0.39, 0.29) is 6.10 Å². The van der Waals surface area contributed by atoms with Crippen molar-refractivity contribution in [3.63, 3.8) is 0 Å². The third-order valence-corrected chi connectivity index (χ3v) is 10.2. The molecule has 0 aromatic heterocycles. The van der Waals surface area contributed by atoms with Gasteiger partial charge in [-0.05, 0) is 111 Å². The standard InChI is InChI=1S/C24H40O3/c1-15(4-9-22(26)27)19-7-8-20-18-6-5-16-14-17(25)10-12-23(16,2)21(18)11-13-24(19,20)3/h15-21,25H,4-14H2,1-3H3,(H,26,27)/t15-,16+,17+,18+,19-,20+,21+,23+,24-/m1/s1. The molecular formula is C24H40O3. The molecule has 0 radical (unpaired) electrons. The van der Waals surface area contributed by atoms with E-state index in [2.05, 4.69) is 20.8 Å². The van der Waals surface area contributed by atoms with Crippen molar-refractivity contribution < 1.29 is 15.0 Å². The Morgan fingerprint density at radius 3 is 2.44 bits per heavy atom. The third kappa shape index (κ3) is 3.16. The second-order valence-electron chi connectivity index (χ2n) is 11.2. The van der Waals surface area contributed by atoms with Crippen molar-refractivity contribution in [2.45, 2.75) is 97.5 Å². The smallest absolute Gasteiger partial charge is 0.303 e. The van der Waals surface area contributed by atoms with Crippen LogP contribution in [0.25, 0.3) is 0 Å². The average Bonchev–Trinajstić information content (AvgIpc) is 2.97. The van der Waals surface area contributed by atoms with Gasteiger partial charge in [0.1, 0.15) is 0 Å². The van der Waals surface area contributed by atoms with Gasteiger partial charge in [0, 0.05) is 6.42 Å². The molecule has 0 heterocycles. The van der Waals surface area contributed by atoms with Crippen LogP contribution >= 0.6 is 0 Å². The molecule has 0 aliphatic heterocycles. The van der Waals surface area contributed by atoms with E-state index in [0.717, 1.165) is 42.9 Å². The first-order valence-corrected chi connectivity index (χ1v) is 11.7. The van der Waals surface area contributed by atoms with Crippen LogP contribution in [0.5, 0.6) is 0 Å². The lowest BCUT2D eigenvalue weighted by Gasteiger charge is -2.61. The van der Waals surface area contributed by atoms with Crippen LogP contribution in [0.2, 0.25) is 0 Å². The second-order valence-corrected chi connectivity index (χ2v) is 11.2. The minimum absolute atomic E-state index is 0.0561. The van der Waals surface area contributed by atoms with Gasteiger partial charge in [-0.25, -0.2) is 0 Å². The average molecular weight is 377 g/mol. The molecule has 4 saturated carbocycles. The van der Waals surface area contributed by atoms with E-state index in [1.54, 1.807) is 0 Å². The van der Waals surface area contributed by atoms with Crippen LogP contribution in [-0.4, -0.2) is 22.3 Å². The van der Waals surface area contributed by atoms with Gasteiger partial charge in [0.25, 0.3) is 0 Å². The quantitative estimate of drug-likeness (QED) is 0.680. The lowest BCUT2D eigenvalue weighted by atomic mass is 9.44. The Bertz CT molecular complexity index is 574. The second kappa shape index (κ2) is 7.04. The molecule has 0 unspecified atom stereocenters. The van der Waals surface area contributed by atoms with Crippen LogP contribution in [0.1, 0.15) is 91.4 Å². The van der Waals surface area contributed by atoms with Gasteiger partial charge in [-0.15, -0.1) is 0 Å². The number of carboxylic acids is 1. The number of carboxylic acid groups (broad SMARTS) is 1. The zero-order valence-corrected chi connectivity index (χ0v) is 17.6. The fourth-order valence-electron chi connectivity index (χ4n) is 8.76. The van der Waals surface area contributed by atoms with Crippen LogP contribution in [-0.2, 0) is 4.79 Å². The zero-order chi connectivity index (χ0) is 19.4. The molecule has 4 fully saturated rings. The molecule has 0 aromatic rings. The van der Waals surface area contributed by atoms with E-state index in [0.29, 0.717) is 29.1 Å². The molecule has 154 valence electrons. The number of carbonyl (C=O) groups is 1. The summed E-state index contributed by atoms with van der Waals surface area (Å²) in [6.07, 6.45) is 12.4. The molecule has 27 heavy (non-hydrogen) atoms. The molecule has 0 bridgehead atoms. The molecule has 0 aromatic carbocycles.